The Morgan fingerprint density at radius 2 is 2.12 bits per heavy atom. The molecule has 3 nitrogen and oxygen atoms in total. The zero-order valence-corrected chi connectivity index (χ0v) is 9.60. The van der Waals surface area contributed by atoms with Crippen LogP contribution < -0.4 is 5.32 Å². The van der Waals surface area contributed by atoms with Crippen LogP contribution in [0.15, 0.2) is 30.3 Å². The predicted octanol–water partition coefficient (Wildman–Crippen LogP) is 1.49. The molecule has 2 N–H and O–H groups in total. The van der Waals surface area contributed by atoms with Crippen LogP contribution in [0.5, 0.6) is 0 Å². The molecule has 1 saturated heterocycles. The number of aliphatic hydroxyl groups is 1. The van der Waals surface area contributed by atoms with E-state index in [0.717, 1.165) is 12.2 Å². The third kappa shape index (κ3) is 3.04. The van der Waals surface area contributed by atoms with Crippen LogP contribution in [-0.2, 0) is 4.74 Å². The number of ether oxygens (including phenoxy) is 1. The SMILES string of the molecule is CC1COCC(CC(O)c2ccccc2)N1. The highest BCUT2D eigenvalue weighted by molar-refractivity contribution is 5.17. The summed E-state index contributed by atoms with van der Waals surface area (Å²) in [5.41, 5.74) is 0.975. The molecule has 1 heterocycles. The van der Waals surface area contributed by atoms with Crippen molar-refractivity contribution >= 4 is 0 Å². The second kappa shape index (κ2) is 5.43. The van der Waals surface area contributed by atoms with E-state index in [2.05, 4.69) is 12.2 Å². The number of nitrogens with one attached hydrogen (secondary N) is 1. The summed E-state index contributed by atoms with van der Waals surface area (Å²) >= 11 is 0. The summed E-state index contributed by atoms with van der Waals surface area (Å²) in [6.07, 6.45) is 0.293. The monoisotopic (exact) mass is 221 g/mol. The molecule has 0 saturated carbocycles. The maximum absolute atomic E-state index is 10.1. The molecule has 0 spiro atoms. The van der Waals surface area contributed by atoms with Crippen molar-refractivity contribution in [3.05, 3.63) is 35.9 Å². The highest BCUT2D eigenvalue weighted by atomic mass is 16.5. The largest absolute Gasteiger partial charge is 0.388 e. The van der Waals surface area contributed by atoms with E-state index in [1.807, 2.05) is 30.3 Å². The first kappa shape index (κ1) is 11.6. The number of hydrogen-bond acceptors (Lipinski definition) is 3. The quantitative estimate of drug-likeness (QED) is 0.812. The van der Waals surface area contributed by atoms with Gasteiger partial charge in [-0.05, 0) is 18.9 Å². The summed E-state index contributed by atoms with van der Waals surface area (Å²) in [5.74, 6) is 0. The lowest BCUT2D eigenvalue weighted by Gasteiger charge is -2.30. The van der Waals surface area contributed by atoms with Gasteiger partial charge in [-0.2, -0.15) is 0 Å². The van der Waals surface area contributed by atoms with Gasteiger partial charge in [0, 0.05) is 12.1 Å². The molecule has 3 heteroatoms. The molecule has 1 aliphatic rings. The fourth-order valence-electron chi connectivity index (χ4n) is 2.10. The van der Waals surface area contributed by atoms with Crippen molar-refractivity contribution in [3.63, 3.8) is 0 Å². The van der Waals surface area contributed by atoms with E-state index in [0.29, 0.717) is 19.1 Å². The Balaban J connectivity index is 1.89. The van der Waals surface area contributed by atoms with Gasteiger partial charge in [0.2, 0.25) is 0 Å². The van der Waals surface area contributed by atoms with E-state index in [-0.39, 0.29) is 6.04 Å². The van der Waals surface area contributed by atoms with Crippen LogP contribution in [0, 0.1) is 0 Å². The van der Waals surface area contributed by atoms with Crippen LogP contribution in [0.2, 0.25) is 0 Å². The summed E-state index contributed by atoms with van der Waals surface area (Å²) in [6, 6.07) is 10.4. The molecular weight excluding hydrogens is 202 g/mol. The van der Waals surface area contributed by atoms with Gasteiger partial charge in [0.1, 0.15) is 0 Å². The smallest absolute Gasteiger partial charge is 0.0805 e. The standard InChI is InChI=1S/C13H19NO2/c1-10-8-16-9-12(14-10)7-13(15)11-5-3-2-4-6-11/h2-6,10,12-15H,7-9H2,1H3. The molecule has 2 rings (SSSR count). The topological polar surface area (TPSA) is 41.5 Å². The Bertz CT molecular complexity index is 315. The summed E-state index contributed by atoms with van der Waals surface area (Å²) in [4.78, 5) is 0. The van der Waals surface area contributed by atoms with Gasteiger partial charge in [0.25, 0.3) is 0 Å². The molecule has 0 aliphatic carbocycles. The lowest BCUT2D eigenvalue weighted by Crippen LogP contribution is -2.47. The molecule has 0 amide bonds. The first-order valence-corrected chi connectivity index (χ1v) is 5.82. The minimum atomic E-state index is -0.410. The zero-order chi connectivity index (χ0) is 11.4. The van der Waals surface area contributed by atoms with Crippen molar-refractivity contribution in [2.24, 2.45) is 0 Å². The van der Waals surface area contributed by atoms with Crippen molar-refractivity contribution in [1.82, 2.24) is 5.32 Å². The maximum Gasteiger partial charge on any atom is 0.0805 e. The van der Waals surface area contributed by atoms with Crippen molar-refractivity contribution in [1.29, 1.82) is 0 Å². The molecule has 1 aliphatic heterocycles. The minimum Gasteiger partial charge on any atom is -0.388 e. The van der Waals surface area contributed by atoms with Gasteiger partial charge in [-0.1, -0.05) is 30.3 Å². The van der Waals surface area contributed by atoms with Crippen LogP contribution in [0.1, 0.15) is 25.0 Å². The first-order valence-electron chi connectivity index (χ1n) is 5.82. The van der Waals surface area contributed by atoms with Crippen molar-refractivity contribution in [2.75, 3.05) is 13.2 Å². The number of rotatable bonds is 3. The van der Waals surface area contributed by atoms with Crippen molar-refractivity contribution in [2.45, 2.75) is 31.5 Å². The Hall–Kier alpha value is -0.900. The third-order valence-electron chi connectivity index (χ3n) is 2.90. The average molecular weight is 221 g/mol. The van der Waals surface area contributed by atoms with Gasteiger partial charge < -0.3 is 15.2 Å². The van der Waals surface area contributed by atoms with Crippen LogP contribution in [0.25, 0.3) is 0 Å². The molecule has 0 radical (unpaired) electrons. The van der Waals surface area contributed by atoms with E-state index in [1.54, 1.807) is 0 Å². The zero-order valence-electron chi connectivity index (χ0n) is 9.60. The molecule has 3 unspecified atom stereocenters. The molecule has 88 valence electrons. The van der Waals surface area contributed by atoms with E-state index in [1.165, 1.54) is 0 Å². The molecule has 0 bridgehead atoms. The lowest BCUT2D eigenvalue weighted by molar-refractivity contribution is 0.0304. The number of morpholine rings is 1. The summed E-state index contributed by atoms with van der Waals surface area (Å²) in [5, 5.41) is 13.5. The van der Waals surface area contributed by atoms with Crippen LogP contribution in [0.4, 0.5) is 0 Å². The lowest BCUT2D eigenvalue weighted by atomic mass is 10.0. The highest BCUT2D eigenvalue weighted by Crippen LogP contribution is 2.19. The van der Waals surface area contributed by atoms with Gasteiger partial charge in [-0.25, -0.2) is 0 Å². The van der Waals surface area contributed by atoms with Gasteiger partial charge in [-0.3, -0.25) is 0 Å². The van der Waals surface area contributed by atoms with Gasteiger partial charge >= 0.3 is 0 Å². The third-order valence-corrected chi connectivity index (χ3v) is 2.90. The second-order valence-corrected chi connectivity index (χ2v) is 4.46. The molecule has 1 fully saturated rings. The first-order chi connectivity index (χ1) is 7.75. The van der Waals surface area contributed by atoms with Gasteiger partial charge in [0.05, 0.1) is 19.3 Å². The van der Waals surface area contributed by atoms with Crippen LogP contribution >= 0.6 is 0 Å². The minimum absolute atomic E-state index is 0.249. The van der Waals surface area contributed by atoms with E-state index in [4.69, 9.17) is 4.74 Å². The normalized spacial score (nSPS) is 27.6. The maximum atomic E-state index is 10.1. The average Bonchev–Trinajstić information content (AvgIpc) is 2.30. The Morgan fingerprint density at radius 1 is 1.38 bits per heavy atom. The fourth-order valence-corrected chi connectivity index (χ4v) is 2.10. The van der Waals surface area contributed by atoms with Gasteiger partial charge in [0.15, 0.2) is 0 Å². The number of aliphatic hydroxyl groups excluding tert-OH is 1. The summed E-state index contributed by atoms with van der Waals surface area (Å²) in [6.45, 7) is 3.55. The van der Waals surface area contributed by atoms with E-state index >= 15 is 0 Å². The molecule has 16 heavy (non-hydrogen) atoms. The number of hydrogen-bond donors (Lipinski definition) is 2. The van der Waals surface area contributed by atoms with Crippen LogP contribution in [0.3, 0.4) is 0 Å². The van der Waals surface area contributed by atoms with Crippen LogP contribution in [-0.4, -0.2) is 30.4 Å². The molecule has 3 atom stereocenters. The predicted molar refractivity (Wildman–Crippen MR) is 63.2 cm³/mol. The molecule has 1 aromatic carbocycles. The summed E-state index contributed by atoms with van der Waals surface area (Å²) in [7, 11) is 0. The second-order valence-electron chi connectivity index (χ2n) is 4.46. The fraction of sp³-hybridized carbons (Fsp3) is 0.538. The molecule has 1 aromatic rings. The molecule has 0 aromatic heterocycles. The van der Waals surface area contributed by atoms with Crippen molar-refractivity contribution in [3.8, 4) is 0 Å². The highest BCUT2D eigenvalue weighted by Gasteiger charge is 2.21. The van der Waals surface area contributed by atoms with E-state index in [9.17, 15) is 5.11 Å². The number of benzene rings is 1. The Morgan fingerprint density at radius 3 is 2.81 bits per heavy atom. The van der Waals surface area contributed by atoms with E-state index < -0.39 is 6.10 Å². The Labute approximate surface area is 96.4 Å². The van der Waals surface area contributed by atoms with Gasteiger partial charge in [-0.15, -0.1) is 0 Å². The van der Waals surface area contributed by atoms with Crippen molar-refractivity contribution < 1.29 is 9.84 Å². The Kier molecular flexibility index (Phi) is 3.93. The molecular formula is C13H19NO2. The summed E-state index contributed by atoms with van der Waals surface area (Å²) < 4.78 is 5.46.